The zero-order valence-corrected chi connectivity index (χ0v) is 14.8. The summed E-state index contributed by atoms with van der Waals surface area (Å²) in [6.07, 6.45) is 0. The maximum Gasteiger partial charge on any atom is 0.246 e. The Morgan fingerprint density at radius 3 is 2.76 bits per heavy atom. The SMILES string of the molecule is CCn1c(CNC(=O)COCc2ccccc2Cl)nc2ccccc21. The van der Waals surface area contributed by atoms with Crippen molar-refractivity contribution < 1.29 is 9.53 Å². The first-order chi connectivity index (χ1) is 12.2. The molecule has 6 heteroatoms. The summed E-state index contributed by atoms with van der Waals surface area (Å²) in [6.45, 7) is 3.52. The lowest BCUT2D eigenvalue weighted by molar-refractivity contribution is -0.126. The Morgan fingerprint density at radius 1 is 1.20 bits per heavy atom. The van der Waals surface area contributed by atoms with E-state index in [-0.39, 0.29) is 12.5 Å². The number of benzene rings is 2. The number of hydrogen-bond acceptors (Lipinski definition) is 3. The molecule has 0 unspecified atom stereocenters. The summed E-state index contributed by atoms with van der Waals surface area (Å²) in [4.78, 5) is 16.6. The number of aryl methyl sites for hydroxylation is 1. The van der Waals surface area contributed by atoms with Crippen LogP contribution in [0.3, 0.4) is 0 Å². The van der Waals surface area contributed by atoms with E-state index in [2.05, 4.69) is 21.8 Å². The van der Waals surface area contributed by atoms with E-state index in [9.17, 15) is 4.79 Å². The van der Waals surface area contributed by atoms with Gasteiger partial charge in [0, 0.05) is 11.6 Å². The van der Waals surface area contributed by atoms with E-state index in [0.717, 1.165) is 29.0 Å². The number of halogens is 1. The molecule has 0 radical (unpaired) electrons. The van der Waals surface area contributed by atoms with Gasteiger partial charge in [0.1, 0.15) is 12.4 Å². The van der Waals surface area contributed by atoms with Crippen molar-refractivity contribution in [3.05, 3.63) is 64.9 Å². The average molecular weight is 358 g/mol. The van der Waals surface area contributed by atoms with Gasteiger partial charge >= 0.3 is 0 Å². The number of hydrogen-bond donors (Lipinski definition) is 1. The molecular weight excluding hydrogens is 338 g/mol. The molecule has 5 nitrogen and oxygen atoms in total. The van der Waals surface area contributed by atoms with Crippen LogP contribution >= 0.6 is 11.6 Å². The molecule has 0 saturated heterocycles. The maximum atomic E-state index is 12.0. The monoisotopic (exact) mass is 357 g/mol. The zero-order chi connectivity index (χ0) is 17.6. The van der Waals surface area contributed by atoms with Crippen LogP contribution in [-0.4, -0.2) is 22.1 Å². The number of carbonyl (C=O) groups is 1. The smallest absolute Gasteiger partial charge is 0.246 e. The van der Waals surface area contributed by atoms with Gasteiger partial charge < -0.3 is 14.6 Å². The van der Waals surface area contributed by atoms with Crippen LogP contribution in [0.4, 0.5) is 0 Å². The topological polar surface area (TPSA) is 56.2 Å². The molecule has 2 aromatic carbocycles. The van der Waals surface area contributed by atoms with E-state index in [4.69, 9.17) is 16.3 Å². The first-order valence-electron chi connectivity index (χ1n) is 8.21. The first-order valence-corrected chi connectivity index (χ1v) is 8.59. The Kier molecular flexibility index (Phi) is 5.68. The van der Waals surface area contributed by atoms with E-state index in [0.29, 0.717) is 18.2 Å². The second kappa shape index (κ2) is 8.14. The fourth-order valence-corrected chi connectivity index (χ4v) is 2.90. The van der Waals surface area contributed by atoms with E-state index in [1.807, 2.05) is 42.5 Å². The highest BCUT2D eigenvalue weighted by atomic mass is 35.5. The van der Waals surface area contributed by atoms with Gasteiger partial charge in [0.15, 0.2) is 0 Å². The number of nitrogens with one attached hydrogen (secondary N) is 1. The quantitative estimate of drug-likeness (QED) is 0.703. The van der Waals surface area contributed by atoms with Crippen molar-refractivity contribution in [3.8, 4) is 0 Å². The van der Waals surface area contributed by atoms with Crippen molar-refractivity contribution in [1.82, 2.24) is 14.9 Å². The number of nitrogens with zero attached hydrogens (tertiary/aromatic N) is 2. The Morgan fingerprint density at radius 2 is 1.96 bits per heavy atom. The maximum absolute atomic E-state index is 12.0. The van der Waals surface area contributed by atoms with Gasteiger partial charge in [-0.15, -0.1) is 0 Å². The summed E-state index contributed by atoms with van der Waals surface area (Å²) in [7, 11) is 0. The fourth-order valence-electron chi connectivity index (χ4n) is 2.71. The van der Waals surface area contributed by atoms with Crippen LogP contribution in [0.2, 0.25) is 5.02 Å². The van der Waals surface area contributed by atoms with Gasteiger partial charge in [-0.3, -0.25) is 4.79 Å². The van der Waals surface area contributed by atoms with Crippen LogP contribution in [0, 0.1) is 0 Å². The molecule has 0 spiro atoms. The normalized spacial score (nSPS) is 11.0. The molecule has 0 atom stereocenters. The van der Waals surface area contributed by atoms with Crippen LogP contribution in [0.5, 0.6) is 0 Å². The second-order valence-corrected chi connectivity index (χ2v) is 6.03. The summed E-state index contributed by atoms with van der Waals surface area (Å²) in [5, 5.41) is 3.49. The number of carbonyl (C=O) groups excluding carboxylic acids is 1. The van der Waals surface area contributed by atoms with E-state index >= 15 is 0 Å². The lowest BCUT2D eigenvalue weighted by Gasteiger charge is -2.09. The van der Waals surface area contributed by atoms with Gasteiger partial charge in [-0.25, -0.2) is 4.98 Å². The minimum absolute atomic E-state index is 0.0163. The fraction of sp³-hybridized carbons (Fsp3) is 0.263. The van der Waals surface area contributed by atoms with Crippen LogP contribution in [0.15, 0.2) is 48.5 Å². The van der Waals surface area contributed by atoms with Crippen molar-refractivity contribution in [2.24, 2.45) is 0 Å². The van der Waals surface area contributed by atoms with Crippen molar-refractivity contribution in [3.63, 3.8) is 0 Å². The molecule has 0 aliphatic rings. The molecule has 1 amide bonds. The largest absolute Gasteiger partial charge is 0.367 e. The number of rotatable bonds is 7. The molecule has 3 rings (SSSR count). The highest BCUT2D eigenvalue weighted by Gasteiger charge is 2.10. The van der Waals surface area contributed by atoms with E-state index in [1.165, 1.54) is 0 Å². The van der Waals surface area contributed by atoms with Crippen LogP contribution in [0.1, 0.15) is 18.3 Å². The van der Waals surface area contributed by atoms with Gasteiger partial charge in [-0.1, -0.05) is 41.9 Å². The Balaban J connectivity index is 1.53. The minimum Gasteiger partial charge on any atom is -0.367 e. The Labute approximate surface area is 151 Å². The van der Waals surface area contributed by atoms with Crippen LogP contribution in [0.25, 0.3) is 11.0 Å². The molecule has 1 heterocycles. The van der Waals surface area contributed by atoms with Gasteiger partial charge in [0.05, 0.1) is 24.2 Å². The predicted octanol–water partition coefficient (Wildman–Crippen LogP) is 3.54. The second-order valence-electron chi connectivity index (χ2n) is 5.62. The molecule has 0 bridgehead atoms. The van der Waals surface area contributed by atoms with Crippen LogP contribution in [-0.2, 0) is 29.2 Å². The minimum atomic E-state index is -0.179. The number of aromatic nitrogens is 2. The predicted molar refractivity (Wildman–Crippen MR) is 98.4 cm³/mol. The molecule has 1 aromatic heterocycles. The highest BCUT2D eigenvalue weighted by molar-refractivity contribution is 6.31. The molecule has 1 N–H and O–H groups in total. The lowest BCUT2D eigenvalue weighted by atomic mass is 10.2. The number of amides is 1. The third kappa shape index (κ3) is 4.18. The number of fused-ring (bicyclic) bond motifs is 1. The van der Waals surface area contributed by atoms with Gasteiger partial charge in [0.25, 0.3) is 0 Å². The molecule has 0 aliphatic heterocycles. The molecule has 0 fully saturated rings. The van der Waals surface area contributed by atoms with Gasteiger partial charge in [-0.2, -0.15) is 0 Å². The van der Waals surface area contributed by atoms with Crippen LogP contribution < -0.4 is 5.32 Å². The van der Waals surface area contributed by atoms with E-state index in [1.54, 1.807) is 6.07 Å². The zero-order valence-electron chi connectivity index (χ0n) is 14.0. The summed E-state index contributed by atoms with van der Waals surface area (Å²) < 4.78 is 7.54. The lowest BCUT2D eigenvalue weighted by Crippen LogP contribution is -2.28. The molecule has 130 valence electrons. The molecule has 25 heavy (non-hydrogen) atoms. The third-order valence-corrected chi connectivity index (χ3v) is 4.31. The number of para-hydroxylation sites is 2. The standard InChI is InChI=1S/C19H20ClN3O2/c1-2-23-17-10-6-5-9-16(17)22-18(23)11-21-19(24)13-25-12-14-7-3-4-8-15(14)20/h3-10H,2,11-13H2,1H3,(H,21,24). The summed E-state index contributed by atoms with van der Waals surface area (Å²) >= 11 is 6.06. The van der Waals surface area contributed by atoms with Crippen molar-refractivity contribution in [2.75, 3.05) is 6.61 Å². The van der Waals surface area contributed by atoms with Crippen molar-refractivity contribution in [2.45, 2.75) is 26.6 Å². The molecule has 0 saturated carbocycles. The number of ether oxygens (including phenoxy) is 1. The Hall–Kier alpha value is -2.37. The van der Waals surface area contributed by atoms with Gasteiger partial charge in [0.2, 0.25) is 5.91 Å². The Bertz CT molecular complexity index is 876. The number of imidazole rings is 1. The molecule has 0 aliphatic carbocycles. The summed E-state index contributed by atoms with van der Waals surface area (Å²) in [5.74, 6) is 0.657. The van der Waals surface area contributed by atoms with Crippen molar-refractivity contribution >= 4 is 28.5 Å². The molecule has 3 aromatic rings. The first kappa shape index (κ1) is 17.5. The van der Waals surface area contributed by atoms with Crippen molar-refractivity contribution in [1.29, 1.82) is 0 Å². The molecular formula is C19H20ClN3O2. The van der Waals surface area contributed by atoms with E-state index < -0.39 is 0 Å². The third-order valence-electron chi connectivity index (χ3n) is 3.94. The van der Waals surface area contributed by atoms with Gasteiger partial charge in [-0.05, 0) is 30.7 Å². The average Bonchev–Trinajstić information content (AvgIpc) is 2.99. The summed E-state index contributed by atoms with van der Waals surface area (Å²) in [5.41, 5.74) is 2.87. The highest BCUT2D eigenvalue weighted by Crippen LogP contribution is 2.16. The summed E-state index contributed by atoms with van der Waals surface area (Å²) in [6, 6.07) is 15.4.